The molecule has 1 fully saturated rings. The van der Waals surface area contributed by atoms with Crippen molar-refractivity contribution in [2.75, 3.05) is 27.7 Å². The van der Waals surface area contributed by atoms with Gasteiger partial charge in [0.15, 0.2) is 17.2 Å². The minimum Gasteiger partial charge on any atom is -0.508 e. The molecule has 3 aliphatic carbocycles. The molecule has 11 nitrogen and oxygen atoms in total. The highest BCUT2D eigenvalue weighted by Crippen LogP contribution is 2.52. The Labute approximate surface area is 200 Å². The van der Waals surface area contributed by atoms with E-state index in [2.05, 4.69) is 5.32 Å². The number of likely N-dealkylation sites (N-methyl/N-ethyl adjacent to an activating group) is 2. The standard InChI is InChI=1S/C24H27N3O8/c1-26-8-14(29)10-4-5-13(28)16-11(10)6-9-7-12-18(27(2)3)20(31)17(23(25)34)22(33)24(12,35)21(32)15(9)19(16)30/h4-5,9,12,18,26,28,30,33,35H,6-8H2,1-3H3,(H2,25,34)/t9-,12-,18-,24-/m0/s1. The molecule has 35 heavy (non-hydrogen) atoms. The van der Waals surface area contributed by atoms with Gasteiger partial charge in [0.2, 0.25) is 5.78 Å². The molecule has 1 amide bonds. The molecule has 11 heteroatoms. The number of phenolic OH excluding ortho intramolecular Hbond substituents is 1. The van der Waals surface area contributed by atoms with Crippen LogP contribution in [0, 0.1) is 11.8 Å². The fraction of sp³-hybridized carbons (Fsp3) is 0.417. The summed E-state index contributed by atoms with van der Waals surface area (Å²) in [6, 6.07) is 1.50. The number of amides is 1. The Morgan fingerprint density at radius 1 is 1.20 bits per heavy atom. The molecule has 7 N–H and O–H groups in total. The normalized spacial score (nSPS) is 28.1. The number of rotatable bonds is 5. The van der Waals surface area contributed by atoms with E-state index in [1.165, 1.54) is 31.1 Å². The summed E-state index contributed by atoms with van der Waals surface area (Å²) in [4.78, 5) is 52.9. The number of nitrogens with two attached hydrogens (primary N) is 1. The molecule has 0 bridgehead atoms. The van der Waals surface area contributed by atoms with E-state index in [9.17, 15) is 39.6 Å². The molecule has 1 aromatic carbocycles. The molecule has 1 saturated carbocycles. The van der Waals surface area contributed by atoms with Crippen molar-refractivity contribution in [3.8, 4) is 5.75 Å². The summed E-state index contributed by atoms with van der Waals surface area (Å²) in [7, 11) is 4.66. The number of Topliss-reactive ketones (excluding diaryl/α,β-unsaturated/α-hetero) is 3. The van der Waals surface area contributed by atoms with Gasteiger partial charge in [-0.3, -0.25) is 24.1 Å². The molecular formula is C24H27N3O8. The number of hydrogen-bond donors (Lipinski definition) is 6. The molecule has 0 saturated heterocycles. The van der Waals surface area contributed by atoms with Crippen molar-refractivity contribution in [2.24, 2.45) is 17.6 Å². The largest absolute Gasteiger partial charge is 0.508 e. The number of nitrogens with one attached hydrogen (secondary N) is 1. The van der Waals surface area contributed by atoms with Crippen LogP contribution in [0.4, 0.5) is 0 Å². The monoisotopic (exact) mass is 485 g/mol. The predicted octanol–water partition coefficient (Wildman–Crippen LogP) is -0.634. The highest BCUT2D eigenvalue weighted by molar-refractivity contribution is 6.24. The topological polar surface area (TPSA) is 190 Å². The van der Waals surface area contributed by atoms with E-state index in [-0.39, 0.29) is 47.6 Å². The molecule has 0 aromatic heterocycles. The number of aromatic hydroxyl groups is 1. The van der Waals surface area contributed by atoms with Crippen molar-refractivity contribution >= 4 is 29.0 Å². The van der Waals surface area contributed by atoms with Crippen molar-refractivity contribution in [2.45, 2.75) is 24.5 Å². The number of phenols is 1. The lowest BCUT2D eigenvalue weighted by atomic mass is 9.57. The first kappa shape index (κ1) is 24.6. The van der Waals surface area contributed by atoms with Gasteiger partial charge >= 0.3 is 0 Å². The maximum Gasteiger partial charge on any atom is 0.255 e. The number of primary amides is 1. The summed E-state index contributed by atoms with van der Waals surface area (Å²) in [5.41, 5.74) is 1.97. The molecule has 4 rings (SSSR count). The highest BCUT2D eigenvalue weighted by Gasteiger charge is 2.64. The number of hydrogen-bond acceptors (Lipinski definition) is 10. The van der Waals surface area contributed by atoms with Gasteiger partial charge in [0.05, 0.1) is 18.2 Å². The van der Waals surface area contributed by atoms with E-state index in [4.69, 9.17) is 5.73 Å². The third-order valence-corrected chi connectivity index (χ3v) is 7.24. The van der Waals surface area contributed by atoms with Crippen LogP contribution in [-0.4, -0.2) is 87.9 Å². The van der Waals surface area contributed by atoms with Gasteiger partial charge in [-0.2, -0.15) is 0 Å². The lowest BCUT2D eigenvalue weighted by Gasteiger charge is -2.50. The number of carbonyl (C=O) groups excluding carboxylic acids is 4. The van der Waals surface area contributed by atoms with Crippen LogP contribution in [0.3, 0.4) is 0 Å². The first-order valence-electron chi connectivity index (χ1n) is 11.0. The van der Waals surface area contributed by atoms with E-state index in [1.54, 1.807) is 7.05 Å². The molecule has 0 radical (unpaired) electrons. The summed E-state index contributed by atoms with van der Waals surface area (Å²) in [6.07, 6.45) is 0.0226. The fourth-order valence-electron chi connectivity index (χ4n) is 5.76. The second kappa shape index (κ2) is 8.29. The zero-order valence-corrected chi connectivity index (χ0v) is 19.5. The van der Waals surface area contributed by atoms with Gasteiger partial charge in [-0.25, -0.2) is 0 Å². The molecule has 0 unspecified atom stereocenters. The van der Waals surface area contributed by atoms with E-state index < -0.39 is 58.0 Å². The van der Waals surface area contributed by atoms with Crippen LogP contribution >= 0.6 is 0 Å². The third-order valence-electron chi connectivity index (χ3n) is 7.24. The van der Waals surface area contributed by atoms with Gasteiger partial charge in [0.25, 0.3) is 5.91 Å². The van der Waals surface area contributed by atoms with Crippen molar-refractivity contribution < 1.29 is 39.6 Å². The zero-order chi connectivity index (χ0) is 26.0. The number of carbonyl (C=O) groups is 4. The van der Waals surface area contributed by atoms with Crippen LogP contribution in [0.2, 0.25) is 0 Å². The Morgan fingerprint density at radius 2 is 1.86 bits per heavy atom. The first-order valence-corrected chi connectivity index (χ1v) is 11.0. The molecular weight excluding hydrogens is 458 g/mol. The molecule has 186 valence electrons. The number of nitrogens with zero attached hydrogens (tertiary/aromatic N) is 1. The average molecular weight is 485 g/mol. The Balaban J connectivity index is 1.97. The average Bonchev–Trinajstić information content (AvgIpc) is 2.76. The second-order valence-electron chi connectivity index (χ2n) is 9.40. The van der Waals surface area contributed by atoms with Gasteiger partial charge in [-0.05, 0) is 57.6 Å². The second-order valence-corrected chi connectivity index (χ2v) is 9.40. The number of ketones is 3. The van der Waals surface area contributed by atoms with Gasteiger partial charge in [-0.15, -0.1) is 0 Å². The lowest BCUT2D eigenvalue weighted by Crippen LogP contribution is -2.65. The highest BCUT2D eigenvalue weighted by atomic mass is 16.3. The van der Waals surface area contributed by atoms with Gasteiger partial charge in [0, 0.05) is 17.1 Å². The van der Waals surface area contributed by atoms with Crippen molar-refractivity contribution in [3.63, 3.8) is 0 Å². The smallest absolute Gasteiger partial charge is 0.255 e. The van der Waals surface area contributed by atoms with Crippen LogP contribution in [0.15, 0.2) is 29.0 Å². The predicted molar refractivity (Wildman–Crippen MR) is 123 cm³/mol. The molecule has 1 aromatic rings. The first-order chi connectivity index (χ1) is 16.4. The number of aliphatic hydroxyl groups excluding tert-OH is 2. The van der Waals surface area contributed by atoms with Gasteiger partial charge in [0.1, 0.15) is 22.8 Å². The summed E-state index contributed by atoms with van der Waals surface area (Å²) in [5.74, 6) is -7.54. The summed E-state index contributed by atoms with van der Waals surface area (Å²) in [5, 5.41) is 46.7. The van der Waals surface area contributed by atoms with Crippen molar-refractivity contribution in [1.82, 2.24) is 10.2 Å². The van der Waals surface area contributed by atoms with E-state index in [0.717, 1.165) is 0 Å². The molecule has 0 spiro atoms. The zero-order valence-electron chi connectivity index (χ0n) is 19.5. The van der Waals surface area contributed by atoms with Gasteiger partial charge in [-0.1, -0.05) is 0 Å². The van der Waals surface area contributed by atoms with E-state index in [0.29, 0.717) is 5.56 Å². The summed E-state index contributed by atoms with van der Waals surface area (Å²) in [6.45, 7) is 0.00624. The number of fused-ring (bicyclic) bond motifs is 3. The Bertz CT molecular complexity index is 1250. The number of benzene rings is 1. The SMILES string of the molecule is CNCC(=O)c1ccc(O)c2c1C[C@H]1C[C@H]3[C@H](N(C)C)C(=O)C(C(N)=O)=C(O)[C@@]3(O)C(=O)C1=C2O. The van der Waals surface area contributed by atoms with E-state index >= 15 is 0 Å². The van der Waals surface area contributed by atoms with Crippen LogP contribution in [0.25, 0.3) is 5.76 Å². The molecule has 4 atom stereocenters. The summed E-state index contributed by atoms with van der Waals surface area (Å²) >= 11 is 0. The van der Waals surface area contributed by atoms with Crippen LogP contribution in [0.5, 0.6) is 5.75 Å². The lowest BCUT2D eigenvalue weighted by molar-refractivity contribution is -0.153. The van der Waals surface area contributed by atoms with Gasteiger partial charge < -0.3 is 31.5 Å². The van der Waals surface area contributed by atoms with Crippen LogP contribution < -0.4 is 11.1 Å². The quantitative estimate of drug-likeness (QED) is 0.231. The van der Waals surface area contributed by atoms with E-state index in [1.807, 2.05) is 0 Å². The maximum atomic E-state index is 13.7. The number of aliphatic hydroxyl groups is 3. The van der Waals surface area contributed by atoms with Crippen molar-refractivity contribution in [1.29, 1.82) is 0 Å². The molecule has 0 aliphatic heterocycles. The molecule has 3 aliphatic rings. The van der Waals surface area contributed by atoms with Crippen LogP contribution in [-0.2, 0) is 20.8 Å². The minimum absolute atomic E-state index is 0.00624. The fourth-order valence-corrected chi connectivity index (χ4v) is 5.76. The maximum absolute atomic E-state index is 13.7. The summed E-state index contributed by atoms with van der Waals surface area (Å²) < 4.78 is 0. The minimum atomic E-state index is -2.69. The Morgan fingerprint density at radius 3 is 2.43 bits per heavy atom. The Hall–Kier alpha value is -3.54. The Kier molecular flexibility index (Phi) is 5.82. The third kappa shape index (κ3) is 3.30. The van der Waals surface area contributed by atoms with Crippen molar-refractivity contribution in [3.05, 3.63) is 45.7 Å². The van der Waals surface area contributed by atoms with Crippen LogP contribution in [0.1, 0.15) is 27.9 Å². The molecule has 0 heterocycles.